The molecular formula is C30H35NO7. The number of Topliss-reactive ketones (excluding diaryl/α,β-unsaturated/α-hetero) is 1. The number of hydrogen-bond acceptors (Lipinski definition) is 8. The maximum Gasteiger partial charge on any atom is 0.315 e. The summed E-state index contributed by atoms with van der Waals surface area (Å²) >= 11 is 0. The summed E-state index contributed by atoms with van der Waals surface area (Å²) < 4.78 is 27.7. The van der Waals surface area contributed by atoms with Gasteiger partial charge in [-0.3, -0.25) is 14.6 Å². The van der Waals surface area contributed by atoms with Crippen molar-refractivity contribution in [2.24, 2.45) is 10.9 Å². The molecule has 3 atom stereocenters. The van der Waals surface area contributed by atoms with Crippen molar-refractivity contribution in [2.75, 3.05) is 35.0 Å². The number of para-hydroxylation sites is 1. The molecular weight excluding hydrogens is 486 g/mol. The third-order valence-electron chi connectivity index (χ3n) is 7.24. The molecule has 2 aromatic rings. The molecule has 1 heterocycles. The molecule has 2 aromatic carbocycles. The number of ketones is 1. The monoisotopic (exact) mass is 521 g/mol. The van der Waals surface area contributed by atoms with E-state index < -0.39 is 17.8 Å². The number of nitrogens with zero attached hydrogens (tertiary/aromatic N) is 1. The molecule has 0 aromatic heterocycles. The van der Waals surface area contributed by atoms with Crippen molar-refractivity contribution in [3.05, 3.63) is 58.8 Å². The van der Waals surface area contributed by atoms with E-state index in [-0.39, 0.29) is 18.1 Å². The number of benzene rings is 2. The number of rotatable bonds is 9. The van der Waals surface area contributed by atoms with E-state index in [1.807, 2.05) is 44.2 Å². The summed E-state index contributed by atoms with van der Waals surface area (Å²) in [6.45, 7) is 4.06. The second-order valence-corrected chi connectivity index (χ2v) is 9.46. The predicted molar refractivity (Wildman–Crippen MR) is 144 cm³/mol. The van der Waals surface area contributed by atoms with Crippen LogP contribution in [0, 0.1) is 5.92 Å². The first-order valence-corrected chi connectivity index (χ1v) is 12.8. The van der Waals surface area contributed by atoms with Gasteiger partial charge in [-0.25, -0.2) is 0 Å². The molecule has 1 unspecified atom stereocenters. The van der Waals surface area contributed by atoms with Crippen molar-refractivity contribution < 1.29 is 33.3 Å². The highest BCUT2D eigenvalue weighted by molar-refractivity contribution is 6.09. The first-order chi connectivity index (χ1) is 18.4. The van der Waals surface area contributed by atoms with Gasteiger partial charge in [-0.05, 0) is 49.4 Å². The molecule has 0 N–H and O–H groups in total. The Bertz CT molecular complexity index is 1280. The fourth-order valence-corrected chi connectivity index (χ4v) is 5.49. The van der Waals surface area contributed by atoms with Gasteiger partial charge < -0.3 is 23.7 Å². The molecule has 0 bridgehead atoms. The summed E-state index contributed by atoms with van der Waals surface area (Å²) in [7, 11) is 6.30. The summed E-state index contributed by atoms with van der Waals surface area (Å²) in [5.41, 5.74) is 3.51. The van der Waals surface area contributed by atoms with Crippen LogP contribution >= 0.6 is 0 Å². The third kappa shape index (κ3) is 4.99. The quantitative estimate of drug-likeness (QED) is 0.416. The van der Waals surface area contributed by atoms with Gasteiger partial charge in [0.2, 0.25) is 0 Å². The average molecular weight is 522 g/mol. The molecule has 1 aliphatic carbocycles. The lowest BCUT2D eigenvalue weighted by atomic mass is 9.69. The van der Waals surface area contributed by atoms with Gasteiger partial charge in [0.15, 0.2) is 28.8 Å². The van der Waals surface area contributed by atoms with Gasteiger partial charge >= 0.3 is 5.97 Å². The van der Waals surface area contributed by atoms with Crippen LogP contribution in [0.25, 0.3) is 0 Å². The highest BCUT2D eigenvalue weighted by atomic mass is 16.5. The van der Waals surface area contributed by atoms with Gasteiger partial charge in [-0.15, -0.1) is 0 Å². The van der Waals surface area contributed by atoms with E-state index in [0.717, 1.165) is 5.56 Å². The highest BCUT2D eigenvalue weighted by Gasteiger charge is 2.46. The number of esters is 1. The highest BCUT2D eigenvalue weighted by Crippen LogP contribution is 2.50. The maximum absolute atomic E-state index is 13.9. The molecule has 0 spiro atoms. The molecule has 0 radical (unpaired) electrons. The van der Waals surface area contributed by atoms with Crippen LogP contribution in [0.1, 0.15) is 56.1 Å². The van der Waals surface area contributed by atoms with Crippen LogP contribution in [0.5, 0.6) is 23.0 Å². The van der Waals surface area contributed by atoms with Gasteiger partial charge in [-0.2, -0.15) is 0 Å². The summed E-state index contributed by atoms with van der Waals surface area (Å²) in [6.07, 6.45) is 1.53. The van der Waals surface area contributed by atoms with E-state index in [0.29, 0.717) is 65.0 Å². The first kappa shape index (κ1) is 27.2. The van der Waals surface area contributed by atoms with Crippen molar-refractivity contribution in [3.8, 4) is 23.0 Å². The zero-order valence-electron chi connectivity index (χ0n) is 22.8. The van der Waals surface area contributed by atoms with E-state index in [1.165, 1.54) is 0 Å². The number of carbonyl (C=O) groups excluding carboxylic acids is 2. The molecule has 8 heteroatoms. The molecule has 38 heavy (non-hydrogen) atoms. The third-order valence-corrected chi connectivity index (χ3v) is 7.24. The first-order valence-electron chi connectivity index (χ1n) is 12.8. The Labute approximate surface area is 223 Å². The number of aliphatic imine (C=N–C) groups is 1. The van der Waals surface area contributed by atoms with Crippen molar-refractivity contribution >= 4 is 17.5 Å². The standard InChI is InChI=1S/C30H35NO7/c1-7-13-38-30(33)26-17(2)31-21-14-19(18-11-12-23(34-3)25(16-18)36-5)15-22(32)28(21)27(26)20-9-8-10-24(35-4)29(20)37-6/h8-12,16,19,26-27H,7,13-15H2,1-6H3/t19-,26?,27+/m1/s1. The van der Waals surface area contributed by atoms with Crippen molar-refractivity contribution in [2.45, 2.75) is 44.9 Å². The molecule has 0 amide bonds. The fraction of sp³-hybridized carbons (Fsp3) is 0.433. The molecule has 0 saturated heterocycles. The maximum atomic E-state index is 13.9. The van der Waals surface area contributed by atoms with Crippen molar-refractivity contribution in [1.82, 2.24) is 0 Å². The topological polar surface area (TPSA) is 92.7 Å². The van der Waals surface area contributed by atoms with Crippen molar-refractivity contribution in [3.63, 3.8) is 0 Å². The number of hydrogen-bond donors (Lipinski definition) is 0. The molecule has 202 valence electrons. The van der Waals surface area contributed by atoms with Gasteiger partial charge in [-0.1, -0.05) is 25.1 Å². The zero-order valence-corrected chi connectivity index (χ0v) is 22.8. The van der Waals surface area contributed by atoms with Crippen LogP contribution in [0.2, 0.25) is 0 Å². The lowest BCUT2D eigenvalue weighted by Crippen LogP contribution is -2.38. The minimum absolute atomic E-state index is 0.0505. The van der Waals surface area contributed by atoms with E-state index in [2.05, 4.69) is 0 Å². The van der Waals surface area contributed by atoms with Crippen LogP contribution in [-0.4, -0.2) is 52.5 Å². The summed E-state index contributed by atoms with van der Waals surface area (Å²) in [5.74, 6) is 0.369. The lowest BCUT2D eigenvalue weighted by molar-refractivity contribution is -0.146. The Balaban J connectivity index is 1.83. The van der Waals surface area contributed by atoms with Crippen molar-refractivity contribution in [1.29, 1.82) is 0 Å². The number of ether oxygens (including phenoxy) is 5. The fourth-order valence-electron chi connectivity index (χ4n) is 5.49. The lowest BCUT2D eigenvalue weighted by Gasteiger charge is -2.37. The smallest absolute Gasteiger partial charge is 0.315 e. The van der Waals surface area contributed by atoms with E-state index >= 15 is 0 Å². The SMILES string of the molecule is CCCOC(=O)C1C(C)=NC2=C(C(=O)C[C@H](c3ccc(OC)c(OC)c3)C2)[C@H]1c1cccc(OC)c1OC. The minimum Gasteiger partial charge on any atom is -0.493 e. The Hall–Kier alpha value is -3.81. The molecule has 0 fully saturated rings. The van der Waals surface area contributed by atoms with Gasteiger partial charge in [0.05, 0.1) is 35.0 Å². The largest absolute Gasteiger partial charge is 0.493 e. The second-order valence-electron chi connectivity index (χ2n) is 9.46. The van der Waals surface area contributed by atoms with Gasteiger partial charge in [0, 0.05) is 34.9 Å². The summed E-state index contributed by atoms with van der Waals surface area (Å²) in [5, 5.41) is 0. The summed E-state index contributed by atoms with van der Waals surface area (Å²) in [4.78, 5) is 32.1. The zero-order chi connectivity index (χ0) is 27.4. The Morgan fingerprint density at radius 1 is 0.947 bits per heavy atom. The van der Waals surface area contributed by atoms with Crippen LogP contribution in [0.15, 0.2) is 52.7 Å². The van der Waals surface area contributed by atoms with E-state index in [1.54, 1.807) is 34.5 Å². The van der Waals surface area contributed by atoms with Crippen LogP contribution in [0.4, 0.5) is 0 Å². The predicted octanol–water partition coefficient (Wildman–Crippen LogP) is 5.25. The van der Waals surface area contributed by atoms with Gasteiger partial charge in [0.25, 0.3) is 0 Å². The molecule has 8 nitrogen and oxygen atoms in total. The Morgan fingerprint density at radius 2 is 1.68 bits per heavy atom. The molecule has 0 saturated carbocycles. The molecule has 4 rings (SSSR count). The minimum atomic E-state index is -0.747. The Morgan fingerprint density at radius 3 is 2.34 bits per heavy atom. The number of allylic oxidation sites excluding steroid dienone is 2. The average Bonchev–Trinajstić information content (AvgIpc) is 2.93. The van der Waals surface area contributed by atoms with Crippen LogP contribution in [-0.2, 0) is 14.3 Å². The van der Waals surface area contributed by atoms with Crippen LogP contribution < -0.4 is 18.9 Å². The van der Waals surface area contributed by atoms with E-state index in [9.17, 15) is 9.59 Å². The number of methoxy groups -OCH3 is 4. The number of carbonyl (C=O) groups is 2. The van der Waals surface area contributed by atoms with Crippen LogP contribution in [0.3, 0.4) is 0 Å². The summed E-state index contributed by atoms with van der Waals surface area (Å²) in [6, 6.07) is 11.2. The second kappa shape index (κ2) is 11.7. The Kier molecular flexibility index (Phi) is 8.39. The molecule has 2 aliphatic rings. The van der Waals surface area contributed by atoms with E-state index in [4.69, 9.17) is 28.7 Å². The normalized spacial score (nSPS) is 20.8. The molecule has 1 aliphatic heterocycles. The van der Waals surface area contributed by atoms with Gasteiger partial charge in [0.1, 0.15) is 5.92 Å².